The van der Waals surface area contributed by atoms with Crippen LogP contribution in [-0.2, 0) is 4.74 Å². The normalized spacial score (nSPS) is 23.4. The van der Waals surface area contributed by atoms with E-state index in [4.69, 9.17) is 0 Å². The average molecular weight is 345 g/mol. The Hall–Kier alpha value is -2.08. The maximum atomic E-state index is 12.2. The van der Waals surface area contributed by atoms with Crippen LogP contribution in [0.5, 0.6) is 0 Å². The van der Waals surface area contributed by atoms with Crippen molar-refractivity contribution < 1.29 is 14.3 Å². The number of amides is 2. The van der Waals surface area contributed by atoms with Crippen LogP contribution in [0.1, 0.15) is 42.5 Å². The van der Waals surface area contributed by atoms with Gasteiger partial charge in [-0.05, 0) is 69.0 Å². The molecule has 2 fully saturated rings. The number of hydrogen-bond donors (Lipinski definition) is 2. The Labute approximate surface area is 148 Å². The van der Waals surface area contributed by atoms with E-state index in [0.717, 1.165) is 0 Å². The first kappa shape index (κ1) is 17.7. The Morgan fingerprint density at radius 1 is 1.12 bits per heavy atom. The number of piperidine rings is 2. The molecule has 0 unspecified atom stereocenters. The number of anilines is 1. The molecule has 0 bridgehead atoms. The van der Waals surface area contributed by atoms with Crippen LogP contribution in [0, 0.1) is 5.92 Å². The fourth-order valence-corrected chi connectivity index (χ4v) is 4.02. The standard InChI is InChI=1S/C19H27N3O3/c1-25-18(23)14-7-9-16(10-8-14)21-19(24)20-13-15-5-4-12-22-11-3-2-6-17(15)22/h7-10,15,17H,2-6,11-13H2,1H3,(H2,20,21,24)/t15-,17-/m1/s1. The van der Waals surface area contributed by atoms with Gasteiger partial charge >= 0.3 is 12.0 Å². The minimum Gasteiger partial charge on any atom is -0.465 e. The predicted octanol–water partition coefficient (Wildman–Crippen LogP) is 2.86. The van der Waals surface area contributed by atoms with Crippen LogP contribution in [0.2, 0.25) is 0 Å². The first-order valence-electron chi connectivity index (χ1n) is 9.14. The molecule has 6 heteroatoms. The second-order valence-electron chi connectivity index (χ2n) is 6.91. The van der Waals surface area contributed by atoms with Gasteiger partial charge in [0.05, 0.1) is 12.7 Å². The average Bonchev–Trinajstić information content (AvgIpc) is 2.66. The van der Waals surface area contributed by atoms with E-state index in [1.54, 1.807) is 24.3 Å². The van der Waals surface area contributed by atoms with Gasteiger partial charge in [-0.3, -0.25) is 0 Å². The lowest BCUT2D eigenvalue weighted by molar-refractivity contribution is 0.0600. The molecule has 2 aliphatic heterocycles. The Bertz CT molecular complexity index is 600. The molecule has 6 nitrogen and oxygen atoms in total. The van der Waals surface area contributed by atoms with E-state index < -0.39 is 0 Å². The number of methoxy groups -OCH3 is 1. The number of nitrogens with zero attached hydrogens (tertiary/aromatic N) is 1. The summed E-state index contributed by atoms with van der Waals surface area (Å²) in [6.45, 7) is 3.13. The molecule has 0 aliphatic carbocycles. The highest BCUT2D eigenvalue weighted by Gasteiger charge is 2.32. The van der Waals surface area contributed by atoms with E-state index in [1.807, 2.05) is 0 Å². The van der Waals surface area contributed by atoms with E-state index in [1.165, 1.54) is 52.3 Å². The molecule has 2 heterocycles. The number of benzene rings is 1. The summed E-state index contributed by atoms with van der Waals surface area (Å²) in [7, 11) is 1.35. The lowest BCUT2D eigenvalue weighted by Gasteiger charge is -2.44. The van der Waals surface area contributed by atoms with Crippen LogP contribution >= 0.6 is 0 Å². The smallest absolute Gasteiger partial charge is 0.337 e. The van der Waals surface area contributed by atoms with Crippen molar-refractivity contribution in [2.75, 3.05) is 32.1 Å². The van der Waals surface area contributed by atoms with Gasteiger partial charge in [0.1, 0.15) is 0 Å². The number of urea groups is 1. The molecule has 2 saturated heterocycles. The SMILES string of the molecule is COC(=O)c1ccc(NC(=O)NC[C@H]2CCCN3CCCC[C@H]23)cc1. The maximum absolute atomic E-state index is 12.2. The Morgan fingerprint density at radius 2 is 1.88 bits per heavy atom. The molecule has 2 aliphatic rings. The van der Waals surface area contributed by atoms with Crippen molar-refractivity contribution in [1.82, 2.24) is 10.2 Å². The van der Waals surface area contributed by atoms with Crippen molar-refractivity contribution in [2.24, 2.45) is 5.92 Å². The summed E-state index contributed by atoms with van der Waals surface area (Å²) < 4.78 is 4.66. The molecule has 0 spiro atoms. The summed E-state index contributed by atoms with van der Waals surface area (Å²) in [4.78, 5) is 26.2. The summed E-state index contributed by atoms with van der Waals surface area (Å²) in [6.07, 6.45) is 6.27. The third-order valence-electron chi connectivity index (χ3n) is 5.32. The van der Waals surface area contributed by atoms with Crippen molar-refractivity contribution >= 4 is 17.7 Å². The molecule has 0 aromatic heterocycles. The maximum Gasteiger partial charge on any atom is 0.337 e. The highest BCUT2D eigenvalue weighted by molar-refractivity contribution is 5.92. The minimum atomic E-state index is -0.384. The van der Waals surface area contributed by atoms with Crippen LogP contribution in [0.15, 0.2) is 24.3 Å². The second-order valence-corrected chi connectivity index (χ2v) is 6.91. The van der Waals surface area contributed by atoms with Crippen LogP contribution < -0.4 is 10.6 Å². The number of hydrogen-bond acceptors (Lipinski definition) is 4. The molecular formula is C19H27N3O3. The number of rotatable bonds is 4. The summed E-state index contributed by atoms with van der Waals surface area (Å²) >= 11 is 0. The largest absolute Gasteiger partial charge is 0.465 e. The summed E-state index contributed by atoms with van der Waals surface area (Å²) in [5.74, 6) is 0.159. The molecule has 1 aromatic rings. The lowest BCUT2D eigenvalue weighted by atomic mass is 9.83. The van der Waals surface area contributed by atoms with Crippen LogP contribution in [0.4, 0.5) is 10.5 Å². The first-order valence-corrected chi connectivity index (χ1v) is 9.14. The third kappa shape index (κ3) is 4.51. The van der Waals surface area contributed by atoms with Crippen LogP contribution in [-0.4, -0.2) is 49.7 Å². The number of carbonyl (C=O) groups excluding carboxylic acids is 2. The van der Waals surface area contributed by atoms with Gasteiger partial charge in [-0.25, -0.2) is 9.59 Å². The topological polar surface area (TPSA) is 70.7 Å². The number of nitrogens with one attached hydrogen (secondary N) is 2. The van der Waals surface area contributed by atoms with E-state index in [2.05, 4.69) is 20.3 Å². The predicted molar refractivity (Wildman–Crippen MR) is 96.7 cm³/mol. The summed E-state index contributed by atoms with van der Waals surface area (Å²) in [6, 6.07) is 7.12. The number of esters is 1. The molecule has 25 heavy (non-hydrogen) atoms. The van der Waals surface area contributed by atoms with Gasteiger partial charge in [0, 0.05) is 18.3 Å². The van der Waals surface area contributed by atoms with Gasteiger partial charge in [0.25, 0.3) is 0 Å². The monoisotopic (exact) mass is 345 g/mol. The summed E-state index contributed by atoms with van der Waals surface area (Å²) in [5, 5.41) is 5.84. The van der Waals surface area contributed by atoms with E-state index >= 15 is 0 Å². The fraction of sp³-hybridized carbons (Fsp3) is 0.579. The number of ether oxygens (including phenoxy) is 1. The van der Waals surface area contributed by atoms with Crippen molar-refractivity contribution in [1.29, 1.82) is 0 Å². The zero-order valence-corrected chi connectivity index (χ0v) is 14.8. The Kier molecular flexibility index (Phi) is 5.91. The zero-order chi connectivity index (χ0) is 17.6. The van der Waals surface area contributed by atoms with Gasteiger partial charge in [-0.15, -0.1) is 0 Å². The second kappa shape index (κ2) is 8.34. The van der Waals surface area contributed by atoms with Crippen LogP contribution in [0.25, 0.3) is 0 Å². The molecule has 2 amide bonds. The molecule has 3 rings (SSSR count). The van der Waals surface area contributed by atoms with Gasteiger partial charge < -0.3 is 20.3 Å². The minimum absolute atomic E-state index is 0.196. The Balaban J connectivity index is 1.48. The molecule has 1 aromatic carbocycles. The molecule has 2 atom stereocenters. The van der Waals surface area contributed by atoms with E-state index in [-0.39, 0.29) is 12.0 Å². The van der Waals surface area contributed by atoms with Crippen molar-refractivity contribution in [3.63, 3.8) is 0 Å². The Morgan fingerprint density at radius 3 is 2.64 bits per heavy atom. The van der Waals surface area contributed by atoms with E-state index in [0.29, 0.717) is 29.8 Å². The van der Waals surface area contributed by atoms with E-state index in [9.17, 15) is 9.59 Å². The molecule has 136 valence electrons. The van der Waals surface area contributed by atoms with Gasteiger partial charge in [0.2, 0.25) is 0 Å². The molecular weight excluding hydrogens is 318 g/mol. The lowest BCUT2D eigenvalue weighted by Crippen LogP contribution is -2.51. The van der Waals surface area contributed by atoms with Gasteiger partial charge in [-0.1, -0.05) is 6.42 Å². The number of carbonyl (C=O) groups is 2. The third-order valence-corrected chi connectivity index (χ3v) is 5.32. The highest BCUT2D eigenvalue weighted by atomic mass is 16.5. The molecule has 2 N–H and O–H groups in total. The highest BCUT2D eigenvalue weighted by Crippen LogP contribution is 2.30. The van der Waals surface area contributed by atoms with Gasteiger partial charge in [-0.2, -0.15) is 0 Å². The number of fused-ring (bicyclic) bond motifs is 1. The zero-order valence-electron chi connectivity index (χ0n) is 14.8. The summed E-state index contributed by atoms with van der Waals surface area (Å²) in [5.41, 5.74) is 1.13. The quantitative estimate of drug-likeness (QED) is 0.823. The molecule has 0 radical (unpaired) electrons. The molecule has 0 saturated carbocycles. The first-order chi connectivity index (χ1) is 12.2. The van der Waals surface area contributed by atoms with Crippen molar-refractivity contribution in [2.45, 2.75) is 38.1 Å². The van der Waals surface area contributed by atoms with Crippen molar-refractivity contribution in [3.8, 4) is 0 Å². The fourth-order valence-electron chi connectivity index (χ4n) is 4.02. The van der Waals surface area contributed by atoms with Crippen molar-refractivity contribution in [3.05, 3.63) is 29.8 Å². The van der Waals surface area contributed by atoms with Gasteiger partial charge in [0.15, 0.2) is 0 Å². The van der Waals surface area contributed by atoms with Crippen LogP contribution in [0.3, 0.4) is 0 Å².